The highest BCUT2D eigenvalue weighted by molar-refractivity contribution is 8.01. The fourth-order valence-corrected chi connectivity index (χ4v) is 4.99. The van der Waals surface area contributed by atoms with E-state index in [9.17, 15) is 9.90 Å². The van der Waals surface area contributed by atoms with Gasteiger partial charge in [0.25, 0.3) is 0 Å². The van der Waals surface area contributed by atoms with Crippen molar-refractivity contribution in [2.75, 3.05) is 7.11 Å². The van der Waals surface area contributed by atoms with Crippen molar-refractivity contribution < 1.29 is 14.6 Å². The van der Waals surface area contributed by atoms with E-state index in [0.717, 1.165) is 21.2 Å². The molecule has 2 unspecified atom stereocenters. The molecule has 0 radical (unpaired) electrons. The van der Waals surface area contributed by atoms with E-state index in [4.69, 9.17) is 4.74 Å². The van der Waals surface area contributed by atoms with Gasteiger partial charge in [-0.2, -0.15) is 0 Å². The number of aromatic nitrogens is 1. The van der Waals surface area contributed by atoms with Gasteiger partial charge in [0.1, 0.15) is 22.2 Å². The van der Waals surface area contributed by atoms with Crippen LogP contribution in [-0.4, -0.2) is 34.0 Å². The average Bonchev–Trinajstić information content (AvgIpc) is 3.11. The summed E-state index contributed by atoms with van der Waals surface area (Å²) in [5, 5.41) is 13.3. The van der Waals surface area contributed by atoms with Crippen LogP contribution in [0.2, 0.25) is 0 Å². The number of carboxylic acid groups (broad SMARTS) is 1. The van der Waals surface area contributed by atoms with Crippen LogP contribution in [0.5, 0.6) is 5.75 Å². The van der Waals surface area contributed by atoms with Crippen LogP contribution in [0, 0.1) is 0 Å². The number of methoxy groups -OCH3 is 1. The molecule has 23 heavy (non-hydrogen) atoms. The molecular weight excluding hydrogens is 332 g/mol. The van der Waals surface area contributed by atoms with Crippen LogP contribution in [0.3, 0.4) is 0 Å². The van der Waals surface area contributed by atoms with E-state index >= 15 is 0 Å². The summed E-state index contributed by atoms with van der Waals surface area (Å²) >= 11 is 3.18. The monoisotopic (exact) mass is 350 g/mol. The van der Waals surface area contributed by atoms with Gasteiger partial charge in [-0.1, -0.05) is 12.1 Å². The summed E-state index contributed by atoms with van der Waals surface area (Å²) in [7, 11) is 1.64. The Hall–Kier alpha value is -1.57. The Balaban J connectivity index is 1.84. The highest BCUT2D eigenvalue weighted by atomic mass is 32.2. The second kappa shape index (κ2) is 6.14. The molecule has 0 aliphatic carbocycles. The number of rotatable bonds is 4. The van der Waals surface area contributed by atoms with Crippen molar-refractivity contribution in [1.82, 2.24) is 10.3 Å². The number of aliphatic carboxylic acids is 1. The molecule has 2 atom stereocenters. The largest absolute Gasteiger partial charge is 0.497 e. The fraction of sp³-hybridized carbons (Fsp3) is 0.375. The number of benzene rings is 1. The van der Waals surface area contributed by atoms with Gasteiger partial charge in [-0.25, -0.2) is 4.98 Å². The molecule has 0 amide bonds. The number of ether oxygens (including phenoxy) is 1. The highest BCUT2D eigenvalue weighted by Crippen LogP contribution is 2.47. The Bertz CT molecular complexity index is 730. The molecule has 5 nitrogen and oxygen atoms in total. The number of hydrogen-bond acceptors (Lipinski definition) is 6. The molecule has 1 fully saturated rings. The average molecular weight is 350 g/mol. The van der Waals surface area contributed by atoms with Crippen LogP contribution < -0.4 is 10.1 Å². The summed E-state index contributed by atoms with van der Waals surface area (Å²) in [4.78, 5) is 16.9. The van der Waals surface area contributed by atoms with Crippen LogP contribution in [-0.2, 0) is 4.79 Å². The second-order valence-corrected chi connectivity index (χ2v) is 8.66. The van der Waals surface area contributed by atoms with Gasteiger partial charge in [-0.05, 0) is 31.5 Å². The predicted octanol–water partition coefficient (Wildman–Crippen LogP) is 3.39. The molecule has 2 aromatic rings. The zero-order valence-electron chi connectivity index (χ0n) is 13.1. The first kappa shape index (κ1) is 16.3. The highest BCUT2D eigenvalue weighted by Gasteiger charge is 2.46. The first-order chi connectivity index (χ1) is 10.9. The molecule has 2 N–H and O–H groups in total. The molecule has 0 saturated carbocycles. The Labute approximate surface area is 143 Å². The molecule has 1 aliphatic heterocycles. The van der Waals surface area contributed by atoms with Crippen molar-refractivity contribution in [3.8, 4) is 16.2 Å². The third-order valence-corrected chi connectivity index (χ3v) is 6.48. The van der Waals surface area contributed by atoms with Gasteiger partial charge in [0.2, 0.25) is 0 Å². The molecule has 7 heteroatoms. The molecule has 0 bridgehead atoms. The molecule has 1 aliphatic rings. The minimum atomic E-state index is -0.824. The minimum absolute atomic E-state index is 0.101. The van der Waals surface area contributed by atoms with Crippen LogP contribution in [0.1, 0.15) is 24.2 Å². The molecular formula is C16H18N2O3S2. The maximum Gasteiger partial charge on any atom is 0.322 e. The van der Waals surface area contributed by atoms with Crippen molar-refractivity contribution in [2.45, 2.75) is 30.0 Å². The Morgan fingerprint density at radius 2 is 2.22 bits per heavy atom. The van der Waals surface area contributed by atoms with E-state index in [1.54, 1.807) is 30.2 Å². The molecule has 3 rings (SSSR count). The lowest BCUT2D eigenvalue weighted by Gasteiger charge is -2.20. The van der Waals surface area contributed by atoms with Gasteiger partial charge in [0, 0.05) is 10.9 Å². The van der Waals surface area contributed by atoms with E-state index in [1.165, 1.54) is 0 Å². The van der Waals surface area contributed by atoms with E-state index in [0.29, 0.717) is 0 Å². The molecule has 2 heterocycles. The van der Waals surface area contributed by atoms with Crippen molar-refractivity contribution in [2.24, 2.45) is 0 Å². The Morgan fingerprint density at radius 1 is 1.43 bits per heavy atom. The first-order valence-corrected chi connectivity index (χ1v) is 8.87. The van der Waals surface area contributed by atoms with Crippen LogP contribution in [0.4, 0.5) is 0 Å². The smallest absolute Gasteiger partial charge is 0.322 e. The maximum absolute atomic E-state index is 11.4. The standard InChI is InChI=1S/C16H18N2O3S2/c1-16(2)12(15(19)20)18-14(23-16)13-17-8-11(22-13)9-5-4-6-10(7-9)21-3/h4-8,12,14,18H,1-3H3,(H,19,20). The lowest BCUT2D eigenvalue weighted by atomic mass is 10.0. The van der Waals surface area contributed by atoms with Gasteiger partial charge >= 0.3 is 5.97 Å². The van der Waals surface area contributed by atoms with E-state index < -0.39 is 12.0 Å². The number of thiazole rings is 1. The van der Waals surface area contributed by atoms with E-state index in [1.807, 2.05) is 44.3 Å². The lowest BCUT2D eigenvalue weighted by molar-refractivity contribution is -0.139. The Kier molecular flexibility index (Phi) is 4.35. The van der Waals surface area contributed by atoms with Gasteiger partial charge < -0.3 is 9.84 Å². The molecule has 1 aromatic heterocycles. The summed E-state index contributed by atoms with van der Waals surface area (Å²) in [5.74, 6) is -0.0209. The van der Waals surface area contributed by atoms with Crippen LogP contribution in [0.25, 0.3) is 10.4 Å². The maximum atomic E-state index is 11.4. The lowest BCUT2D eigenvalue weighted by Crippen LogP contribution is -2.43. The normalized spacial score (nSPS) is 22.9. The van der Waals surface area contributed by atoms with Gasteiger partial charge in [-0.3, -0.25) is 10.1 Å². The number of nitrogens with one attached hydrogen (secondary N) is 1. The summed E-state index contributed by atoms with van der Waals surface area (Å²) in [6.07, 6.45) is 1.83. The van der Waals surface area contributed by atoms with E-state index in [-0.39, 0.29) is 10.1 Å². The predicted molar refractivity (Wildman–Crippen MR) is 93.1 cm³/mol. The number of thioether (sulfide) groups is 1. The summed E-state index contributed by atoms with van der Waals surface area (Å²) in [6.45, 7) is 3.89. The number of carboxylic acids is 1. The fourth-order valence-electron chi connectivity index (χ4n) is 2.57. The van der Waals surface area contributed by atoms with Crippen LogP contribution >= 0.6 is 23.1 Å². The third-order valence-electron chi connectivity index (χ3n) is 3.78. The zero-order chi connectivity index (χ0) is 16.6. The third kappa shape index (κ3) is 3.22. The van der Waals surface area contributed by atoms with Crippen molar-refractivity contribution in [3.63, 3.8) is 0 Å². The van der Waals surface area contributed by atoms with Crippen LogP contribution in [0.15, 0.2) is 30.5 Å². The second-order valence-electron chi connectivity index (χ2n) is 5.83. The van der Waals surface area contributed by atoms with Crippen molar-refractivity contribution in [3.05, 3.63) is 35.5 Å². The summed E-state index contributed by atoms with van der Waals surface area (Å²) < 4.78 is 4.88. The number of hydrogen-bond donors (Lipinski definition) is 2. The summed E-state index contributed by atoms with van der Waals surface area (Å²) in [5.41, 5.74) is 1.05. The van der Waals surface area contributed by atoms with E-state index in [2.05, 4.69) is 10.3 Å². The zero-order valence-corrected chi connectivity index (χ0v) is 14.7. The Morgan fingerprint density at radius 3 is 2.87 bits per heavy atom. The molecule has 1 saturated heterocycles. The quantitative estimate of drug-likeness (QED) is 0.881. The molecule has 1 aromatic carbocycles. The SMILES string of the molecule is COc1cccc(-c2cnc(C3NC(C(=O)O)C(C)(C)S3)s2)c1. The van der Waals surface area contributed by atoms with Crippen molar-refractivity contribution in [1.29, 1.82) is 0 Å². The number of nitrogens with zero attached hydrogens (tertiary/aromatic N) is 1. The van der Waals surface area contributed by atoms with Gasteiger partial charge in [0.05, 0.1) is 12.0 Å². The molecule has 0 spiro atoms. The minimum Gasteiger partial charge on any atom is -0.497 e. The molecule has 122 valence electrons. The van der Waals surface area contributed by atoms with Crippen molar-refractivity contribution >= 4 is 29.1 Å². The first-order valence-electron chi connectivity index (χ1n) is 7.17. The topological polar surface area (TPSA) is 71.5 Å². The van der Waals surface area contributed by atoms with Gasteiger partial charge in [0.15, 0.2) is 0 Å². The van der Waals surface area contributed by atoms with Gasteiger partial charge in [-0.15, -0.1) is 23.1 Å². The number of carbonyl (C=O) groups is 1. The summed E-state index contributed by atoms with van der Waals surface area (Å²) in [6, 6.07) is 7.25.